The molecule has 1 N–H and O–H groups in total. The van der Waals surface area contributed by atoms with Gasteiger partial charge in [0, 0.05) is 38.3 Å². The molecular formula is C18H18N6O4. The molecule has 1 aliphatic rings. The fourth-order valence-electron chi connectivity index (χ4n) is 2.94. The van der Waals surface area contributed by atoms with Crippen LogP contribution in [0.25, 0.3) is 0 Å². The Morgan fingerprint density at radius 3 is 2.64 bits per heavy atom. The molecule has 4 heterocycles. The Bertz CT molecular complexity index is 976. The Morgan fingerprint density at radius 2 is 1.96 bits per heavy atom. The van der Waals surface area contributed by atoms with Gasteiger partial charge in [0.1, 0.15) is 23.6 Å². The third-order valence-corrected chi connectivity index (χ3v) is 4.38. The fraction of sp³-hybridized carbons (Fsp3) is 0.278. The first-order valence-electron chi connectivity index (χ1n) is 8.74. The Kier molecular flexibility index (Phi) is 4.75. The number of piperazine rings is 1. The van der Waals surface area contributed by atoms with Crippen molar-refractivity contribution in [3.63, 3.8) is 0 Å². The summed E-state index contributed by atoms with van der Waals surface area (Å²) in [6.07, 6.45) is 2.83. The van der Waals surface area contributed by atoms with Gasteiger partial charge in [-0.3, -0.25) is 9.59 Å². The Morgan fingerprint density at radius 1 is 1.14 bits per heavy atom. The zero-order valence-corrected chi connectivity index (χ0v) is 15.2. The Labute approximate surface area is 160 Å². The molecule has 0 bridgehead atoms. The van der Waals surface area contributed by atoms with E-state index in [-0.39, 0.29) is 11.6 Å². The summed E-state index contributed by atoms with van der Waals surface area (Å²) in [7, 11) is 0. The van der Waals surface area contributed by atoms with Gasteiger partial charge < -0.3 is 24.1 Å². The maximum atomic E-state index is 12.4. The van der Waals surface area contributed by atoms with Gasteiger partial charge in [0.2, 0.25) is 0 Å². The highest BCUT2D eigenvalue weighted by molar-refractivity contribution is 6.02. The summed E-state index contributed by atoms with van der Waals surface area (Å²) >= 11 is 0. The average molecular weight is 382 g/mol. The molecule has 4 rings (SSSR count). The van der Waals surface area contributed by atoms with Crippen molar-refractivity contribution in [2.45, 2.75) is 6.92 Å². The van der Waals surface area contributed by atoms with Gasteiger partial charge in [-0.05, 0) is 19.1 Å². The zero-order valence-electron chi connectivity index (χ0n) is 15.2. The van der Waals surface area contributed by atoms with E-state index in [9.17, 15) is 9.59 Å². The summed E-state index contributed by atoms with van der Waals surface area (Å²) < 4.78 is 10.1. The second kappa shape index (κ2) is 7.51. The molecule has 0 unspecified atom stereocenters. The van der Waals surface area contributed by atoms with Crippen molar-refractivity contribution in [1.82, 2.24) is 20.0 Å². The van der Waals surface area contributed by atoms with Gasteiger partial charge in [-0.15, -0.1) is 0 Å². The number of aromatic nitrogens is 3. The smallest absolute Gasteiger partial charge is 0.289 e. The predicted octanol–water partition coefficient (Wildman–Crippen LogP) is 1.58. The monoisotopic (exact) mass is 382 g/mol. The van der Waals surface area contributed by atoms with Crippen LogP contribution in [-0.2, 0) is 0 Å². The first-order chi connectivity index (χ1) is 13.6. The number of carbonyl (C=O) groups is 2. The molecule has 0 saturated carbocycles. The minimum Gasteiger partial charge on any atom is -0.459 e. The Balaban J connectivity index is 1.39. The van der Waals surface area contributed by atoms with E-state index in [0.717, 1.165) is 0 Å². The van der Waals surface area contributed by atoms with E-state index in [1.165, 1.54) is 12.6 Å². The highest BCUT2D eigenvalue weighted by Crippen LogP contribution is 2.17. The van der Waals surface area contributed by atoms with E-state index < -0.39 is 5.91 Å². The lowest BCUT2D eigenvalue weighted by Gasteiger charge is -2.35. The van der Waals surface area contributed by atoms with Crippen molar-refractivity contribution < 1.29 is 18.5 Å². The maximum Gasteiger partial charge on any atom is 0.289 e. The van der Waals surface area contributed by atoms with Crippen molar-refractivity contribution >= 4 is 23.5 Å². The van der Waals surface area contributed by atoms with E-state index in [2.05, 4.69) is 20.4 Å². The molecule has 3 aromatic rings. The van der Waals surface area contributed by atoms with Crippen LogP contribution < -0.4 is 10.2 Å². The maximum absolute atomic E-state index is 12.4. The summed E-state index contributed by atoms with van der Waals surface area (Å²) in [6, 6.07) is 6.58. The lowest BCUT2D eigenvalue weighted by Crippen LogP contribution is -2.49. The van der Waals surface area contributed by atoms with E-state index in [1.807, 2.05) is 4.90 Å². The zero-order chi connectivity index (χ0) is 19.5. The second-order valence-electron chi connectivity index (χ2n) is 6.29. The van der Waals surface area contributed by atoms with E-state index >= 15 is 0 Å². The number of carbonyl (C=O) groups excluding carboxylic acids is 2. The SMILES string of the molecule is Cc1cc(NC(=O)c2cc(N3CCN(C(=O)c4ccco4)CC3)ncn2)no1. The van der Waals surface area contributed by atoms with Gasteiger partial charge in [-0.2, -0.15) is 0 Å². The molecule has 1 aliphatic heterocycles. The first-order valence-corrected chi connectivity index (χ1v) is 8.74. The molecule has 0 aliphatic carbocycles. The molecule has 1 fully saturated rings. The molecule has 1 saturated heterocycles. The number of furan rings is 1. The minimum atomic E-state index is -0.399. The molecule has 10 nitrogen and oxygen atoms in total. The molecule has 10 heteroatoms. The van der Waals surface area contributed by atoms with E-state index in [4.69, 9.17) is 8.94 Å². The standard InChI is InChI=1S/C18H18N6O4/c1-12-9-15(22-28-12)21-17(25)13-10-16(20-11-19-13)23-4-6-24(7-5-23)18(26)14-3-2-8-27-14/h2-3,8-11H,4-7H2,1H3,(H,21,22,25). The van der Waals surface area contributed by atoms with Gasteiger partial charge in [0.25, 0.3) is 11.8 Å². The third kappa shape index (κ3) is 3.70. The average Bonchev–Trinajstić information content (AvgIpc) is 3.40. The number of hydrogen-bond acceptors (Lipinski definition) is 8. The number of aryl methyl sites for hydroxylation is 1. The van der Waals surface area contributed by atoms with Gasteiger partial charge >= 0.3 is 0 Å². The first kappa shape index (κ1) is 17.7. The van der Waals surface area contributed by atoms with E-state index in [1.54, 1.807) is 36.1 Å². The summed E-state index contributed by atoms with van der Waals surface area (Å²) in [5.74, 6) is 1.35. The van der Waals surface area contributed by atoms with Crippen LogP contribution in [0.1, 0.15) is 26.8 Å². The molecule has 0 atom stereocenters. The van der Waals surface area contributed by atoms with Crippen LogP contribution in [0.15, 0.2) is 45.8 Å². The number of nitrogens with zero attached hydrogens (tertiary/aromatic N) is 5. The largest absolute Gasteiger partial charge is 0.459 e. The summed E-state index contributed by atoms with van der Waals surface area (Å²) in [6.45, 7) is 3.98. The highest BCUT2D eigenvalue weighted by atomic mass is 16.5. The molecule has 3 aromatic heterocycles. The molecule has 0 aromatic carbocycles. The highest BCUT2D eigenvalue weighted by Gasteiger charge is 2.25. The number of nitrogens with one attached hydrogen (secondary N) is 1. The normalized spacial score (nSPS) is 14.2. The number of rotatable bonds is 4. The van der Waals surface area contributed by atoms with Crippen molar-refractivity contribution in [1.29, 1.82) is 0 Å². The topological polar surface area (TPSA) is 118 Å². The summed E-state index contributed by atoms with van der Waals surface area (Å²) in [4.78, 5) is 36.7. The summed E-state index contributed by atoms with van der Waals surface area (Å²) in [5, 5.41) is 6.36. The lowest BCUT2D eigenvalue weighted by atomic mass is 10.2. The number of amides is 2. The van der Waals surface area contributed by atoms with Crippen LogP contribution in [-0.4, -0.2) is 58.0 Å². The second-order valence-corrected chi connectivity index (χ2v) is 6.29. The van der Waals surface area contributed by atoms with Crippen molar-refractivity contribution in [3.05, 3.63) is 54.1 Å². The minimum absolute atomic E-state index is 0.129. The van der Waals surface area contributed by atoms with Gasteiger partial charge in [0.15, 0.2) is 11.6 Å². The van der Waals surface area contributed by atoms with Crippen LogP contribution >= 0.6 is 0 Å². The molecule has 0 radical (unpaired) electrons. The molecule has 28 heavy (non-hydrogen) atoms. The quantitative estimate of drug-likeness (QED) is 0.723. The van der Waals surface area contributed by atoms with Crippen LogP contribution in [0.4, 0.5) is 11.6 Å². The fourth-order valence-corrected chi connectivity index (χ4v) is 2.94. The number of anilines is 2. The molecule has 2 amide bonds. The van der Waals surface area contributed by atoms with E-state index in [0.29, 0.717) is 49.3 Å². The molecular weight excluding hydrogens is 364 g/mol. The molecule has 0 spiro atoms. The lowest BCUT2D eigenvalue weighted by molar-refractivity contribution is 0.0714. The van der Waals surface area contributed by atoms with Crippen LogP contribution in [0, 0.1) is 6.92 Å². The third-order valence-electron chi connectivity index (χ3n) is 4.38. The number of hydrogen-bond donors (Lipinski definition) is 1. The van der Waals surface area contributed by atoms with Crippen molar-refractivity contribution in [2.24, 2.45) is 0 Å². The van der Waals surface area contributed by atoms with Crippen LogP contribution in [0.3, 0.4) is 0 Å². The summed E-state index contributed by atoms with van der Waals surface area (Å²) in [5.41, 5.74) is 0.222. The molecule has 144 valence electrons. The predicted molar refractivity (Wildman–Crippen MR) is 98.0 cm³/mol. The van der Waals surface area contributed by atoms with Crippen LogP contribution in [0.5, 0.6) is 0 Å². The van der Waals surface area contributed by atoms with Crippen molar-refractivity contribution in [3.8, 4) is 0 Å². The van der Waals surface area contributed by atoms with Gasteiger partial charge in [-0.25, -0.2) is 9.97 Å². The Hall–Kier alpha value is -3.69. The van der Waals surface area contributed by atoms with Crippen LogP contribution in [0.2, 0.25) is 0 Å². The van der Waals surface area contributed by atoms with Gasteiger partial charge in [-0.1, -0.05) is 5.16 Å². The van der Waals surface area contributed by atoms with Crippen molar-refractivity contribution in [2.75, 3.05) is 36.4 Å². The van der Waals surface area contributed by atoms with Gasteiger partial charge in [0.05, 0.1) is 6.26 Å².